The Balaban J connectivity index is 1.76. The SMILES string of the molecule is O=C(O)CCNC(=O)C1CCCN(C(=O)NC2CCCC2)C1. The Bertz CT molecular complexity index is 421. The number of carbonyl (C=O) groups is 3. The van der Waals surface area contributed by atoms with E-state index in [1.54, 1.807) is 4.90 Å². The summed E-state index contributed by atoms with van der Waals surface area (Å²) in [5.74, 6) is -1.32. The number of rotatable bonds is 5. The van der Waals surface area contributed by atoms with Crippen molar-refractivity contribution < 1.29 is 19.5 Å². The van der Waals surface area contributed by atoms with Crippen molar-refractivity contribution in [2.75, 3.05) is 19.6 Å². The molecule has 3 amide bonds. The minimum atomic E-state index is -0.929. The predicted octanol–water partition coefficient (Wildman–Crippen LogP) is 0.942. The molecule has 0 spiro atoms. The molecule has 0 aromatic carbocycles. The quantitative estimate of drug-likeness (QED) is 0.703. The van der Waals surface area contributed by atoms with Gasteiger partial charge in [-0.3, -0.25) is 9.59 Å². The second-order valence-corrected chi connectivity index (χ2v) is 6.15. The normalized spacial score (nSPS) is 22.4. The summed E-state index contributed by atoms with van der Waals surface area (Å²) in [5.41, 5.74) is 0. The molecular formula is C15H25N3O4. The second kappa shape index (κ2) is 8.00. The third-order valence-corrected chi connectivity index (χ3v) is 4.40. The largest absolute Gasteiger partial charge is 0.481 e. The van der Waals surface area contributed by atoms with Crippen LogP contribution in [0.4, 0.5) is 4.79 Å². The van der Waals surface area contributed by atoms with Crippen molar-refractivity contribution >= 4 is 17.9 Å². The maximum atomic E-state index is 12.2. The zero-order valence-corrected chi connectivity index (χ0v) is 12.8. The summed E-state index contributed by atoms with van der Waals surface area (Å²) < 4.78 is 0. The van der Waals surface area contributed by atoms with Crippen LogP contribution in [-0.2, 0) is 9.59 Å². The molecule has 1 saturated heterocycles. The van der Waals surface area contributed by atoms with Crippen molar-refractivity contribution in [3.63, 3.8) is 0 Å². The fourth-order valence-electron chi connectivity index (χ4n) is 3.15. The van der Waals surface area contributed by atoms with Gasteiger partial charge in [-0.1, -0.05) is 12.8 Å². The first-order valence-electron chi connectivity index (χ1n) is 8.11. The number of piperidine rings is 1. The number of amides is 3. The first-order chi connectivity index (χ1) is 10.6. The number of carbonyl (C=O) groups excluding carboxylic acids is 2. The van der Waals surface area contributed by atoms with Crippen molar-refractivity contribution in [1.82, 2.24) is 15.5 Å². The Morgan fingerprint density at radius 3 is 2.50 bits per heavy atom. The number of nitrogens with one attached hydrogen (secondary N) is 2. The van der Waals surface area contributed by atoms with Gasteiger partial charge in [0.2, 0.25) is 5.91 Å². The van der Waals surface area contributed by atoms with Crippen LogP contribution in [0.25, 0.3) is 0 Å². The van der Waals surface area contributed by atoms with Crippen LogP contribution >= 0.6 is 0 Å². The summed E-state index contributed by atoms with van der Waals surface area (Å²) in [7, 11) is 0. The zero-order chi connectivity index (χ0) is 15.9. The number of likely N-dealkylation sites (tertiary alicyclic amines) is 1. The van der Waals surface area contributed by atoms with Crippen LogP contribution < -0.4 is 10.6 Å². The number of carboxylic acids is 1. The van der Waals surface area contributed by atoms with E-state index in [0.717, 1.165) is 25.7 Å². The predicted molar refractivity (Wildman–Crippen MR) is 80.3 cm³/mol. The molecule has 7 nitrogen and oxygen atoms in total. The molecule has 1 saturated carbocycles. The van der Waals surface area contributed by atoms with Gasteiger partial charge in [-0.15, -0.1) is 0 Å². The van der Waals surface area contributed by atoms with Gasteiger partial charge in [0.05, 0.1) is 12.3 Å². The average Bonchev–Trinajstić information content (AvgIpc) is 3.00. The number of aliphatic carboxylic acids is 1. The Morgan fingerprint density at radius 1 is 1.09 bits per heavy atom. The molecule has 22 heavy (non-hydrogen) atoms. The Labute approximate surface area is 130 Å². The first kappa shape index (κ1) is 16.6. The maximum Gasteiger partial charge on any atom is 0.317 e. The van der Waals surface area contributed by atoms with Crippen molar-refractivity contribution in [2.45, 2.75) is 51.0 Å². The third kappa shape index (κ3) is 4.89. The number of carboxylic acid groups (broad SMARTS) is 1. The molecule has 1 aliphatic carbocycles. The van der Waals surface area contributed by atoms with Crippen molar-refractivity contribution in [3.05, 3.63) is 0 Å². The highest BCUT2D eigenvalue weighted by molar-refractivity contribution is 5.81. The van der Waals surface area contributed by atoms with Gasteiger partial charge < -0.3 is 20.6 Å². The van der Waals surface area contributed by atoms with Crippen molar-refractivity contribution in [3.8, 4) is 0 Å². The Hall–Kier alpha value is -1.79. The number of nitrogens with zero attached hydrogens (tertiary/aromatic N) is 1. The summed E-state index contributed by atoms with van der Waals surface area (Å²) in [4.78, 5) is 36.4. The third-order valence-electron chi connectivity index (χ3n) is 4.40. The van der Waals surface area contributed by atoms with Crippen LogP contribution in [0.1, 0.15) is 44.9 Å². The van der Waals surface area contributed by atoms with Gasteiger partial charge in [0, 0.05) is 25.7 Å². The van der Waals surface area contributed by atoms with Crippen LogP contribution in [0.3, 0.4) is 0 Å². The highest BCUT2D eigenvalue weighted by Crippen LogP contribution is 2.20. The molecule has 3 N–H and O–H groups in total. The number of urea groups is 1. The lowest BCUT2D eigenvalue weighted by Gasteiger charge is -2.32. The first-order valence-corrected chi connectivity index (χ1v) is 8.11. The van der Waals surface area contributed by atoms with Crippen LogP contribution in [0.5, 0.6) is 0 Å². The molecule has 1 unspecified atom stereocenters. The molecule has 0 bridgehead atoms. The fourth-order valence-corrected chi connectivity index (χ4v) is 3.15. The van der Waals surface area contributed by atoms with Crippen LogP contribution in [0, 0.1) is 5.92 Å². The topological polar surface area (TPSA) is 98.7 Å². The van der Waals surface area contributed by atoms with Gasteiger partial charge in [-0.05, 0) is 25.7 Å². The Morgan fingerprint density at radius 2 is 1.82 bits per heavy atom. The Kier molecular flexibility index (Phi) is 6.03. The monoisotopic (exact) mass is 311 g/mol. The van der Waals surface area contributed by atoms with Crippen LogP contribution in [-0.4, -0.2) is 53.6 Å². The molecule has 2 aliphatic rings. The molecule has 0 aromatic rings. The highest BCUT2D eigenvalue weighted by Gasteiger charge is 2.29. The molecular weight excluding hydrogens is 286 g/mol. The van der Waals surface area contributed by atoms with Gasteiger partial charge in [-0.2, -0.15) is 0 Å². The summed E-state index contributed by atoms with van der Waals surface area (Å²) in [6, 6.07) is 0.201. The number of hydrogen-bond donors (Lipinski definition) is 3. The molecule has 1 heterocycles. The lowest BCUT2D eigenvalue weighted by Crippen LogP contribution is -2.50. The van der Waals surface area contributed by atoms with E-state index in [4.69, 9.17) is 5.11 Å². The van der Waals surface area contributed by atoms with E-state index in [0.29, 0.717) is 13.1 Å². The summed E-state index contributed by atoms with van der Waals surface area (Å²) in [5, 5.41) is 14.3. The molecule has 124 valence electrons. The second-order valence-electron chi connectivity index (χ2n) is 6.15. The van der Waals surface area contributed by atoms with E-state index in [9.17, 15) is 14.4 Å². The van der Waals surface area contributed by atoms with Gasteiger partial charge in [0.25, 0.3) is 0 Å². The van der Waals surface area contributed by atoms with E-state index in [2.05, 4.69) is 10.6 Å². The van der Waals surface area contributed by atoms with E-state index in [-0.39, 0.29) is 36.9 Å². The molecule has 2 fully saturated rings. The summed E-state index contributed by atoms with van der Waals surface area (Å²) in [6.45, 7) is 1.23. The molecule has 2 rings (SSSR count). The van der Waals surface area contributed by atoms with E-state index >= 15 is 0 Å². The number of hydrogen-bond acceptors (Lipinski definition) is 3. The van der Waals surface area contributed by atoms with E-state index < -0.39 is 5.97 Å². The van der Waals surface area contributed by atoms with Gasteiger partial charge >= 0.3 is 12.0 Å². The molecule has 0 aromatic heterocycles. The van der Waals surface area contributed by atoms with E-state index in [1.165, 1.54) is 12.8 Å². The highest BCUT2D eigenvalue weighted by atomic mass is 16.4. The van der Waals surface area contributed by atoms with Crippen molar-refractivity contribution in [1.29, 1.82) is 0 Å². The van der Waals surface area contributed by atoms with Crippen LogP contribution in [0.15, 0.2) is 0 Å². The van der Waals surface area contributed by atoms with Crippen molar-refractivity contribution in [2.24, 2.45) is 5.92 Å². The molecule has 0 radical (unpaired) electrons. The fraction of sp³-hybridized carbons (Fsp3) is 0.800. The van der Waals surface area contributed by atoms with Gasteiger partial charge in [0.15, 0.2) is 0 Å². The molecule has 1 atom stereocenters. The van der Waals surface area contributed by atoms with Gasteiger partial charge in [-0.25, -0.2) is 4.79 Å². The average molecular weight is 311 g/mol. The molecule has 1 aliphatic heterocycles. The minimum Gasteiger partial charge on any atom is -0.481 e. The molecule has 7 heteroatoms. The van der Waals surface area contributed by atoms with Crippen LogP contribution in [0.2, 0.25) is 0 Å². The zero-order valence-electron chi connectivity index (χ0n) is 12.8. The van der Waals surface area contributed by atoms with E-state index in [1.807, 2.05) is 0 Å². The maximum absolute atomic E-state index is 12.2. The lowest BCUT2D eigenvalue weighted by molar-refractivity contribution is -0.137. The summed E-state index contributed by atoms with van der Waals surface area (Å²) >= 11 is 0. The summed E-state index contributed by atoms with van der Waals surface area (Å²) in [6.07, 6.45) is 5.88. The standard InChI is InChI=1S/C15H25N3O4/c19-13(20)7-8-16-14(21)11-4-3-9-18(10-11)15(22)17-12-5-1-2-6-12/h11-12H,1-10H2,(H,16,21)(H,17,22)(H,19,20). The van der Waals surface area contributed by atoms with Gasteiger partial charge in [0.1, 0.15) is 0 Å². The lowest BCUT2D eigenvalue weighted by atomic mass is 9.97. The minimum absolute atomic E-state index is 0.0741. The smallest absolute Gasteiger partial charge is 0.317 e.